The average molecular weight is 326 g/mol. The molecule has 10 atom stereocenters. The summed E-state index contributed by atoms with van der Waals surface area (Å²) >= 11 is 0. The normalized spacial score (nSPS) is 53.5. The SMILES string of the molecule is C[C@@H]1O[C@@H](OC[C@H]2OC(O)[C@H](O)[C@@H](O)[C@H]2O)[C@@H](O)[C@H](O)[C@@H]1O. The van der Waals surface area contributed by atoms with Crippen molar-refractivity contribution < 1.29 is 50.0 Å². The number of hydrogen-bond acceptors (Lipinski definition) is 10. The Balaban J connectivity index is 1.92. The monoisotopic (exact) mass is 326 g/mol. The van der Waals surface area contributed by atoms with Crippen LogP contribution in [0, 0.1) is 0 Å². The molecule has 130 valence electrons. The molecule has 0 aliphatic carbocycles. The Morgan fingerprint density at radius 3 is 1.95 bits per heavy atom. The zero-order valence-electron chi connectivity index (χ0n) is 11.8. The van der Waals surface area contributed by atoms with E-state index >= 15 is 0 Å². The van der Waals surface area contributed by atoms with Gasteiger partial charge in [0, 0.05) is 0 Å². The lowest BCUT2D eigenvalue weighted by molar-refractivity contribution is -0.322. The Kier molecular flexibility index (Phi) is 5.72. The Bertz CT molecular complexity index is 334. The van der Waals surface area contributed by atoms with E-state index in [9.17, 15) is 35.7 Å². The second-order valence-corrected chi connectivity index (χ2v) is 5.55. The molecule has 2 saturated heterocycles. The van der Waals surface area contributed by atoms with Crippen molar-refractivity contribution >= 4 is 0 Å². The van der Waals surface area contributed by atoms with Gasteiger partial charge in [-0.3, -0.25) is 0 Å². The van der Waals surface area contributed by atoms with Crippen molar-refractivity contribution in [2.24, 2.45) is 0 Å². The molecule has 0 aromatic heterocycles. The quantitative estimate of drug-likeness (QED) is 0.269. The Labute approximate surface area is 126 Å². The molecule has 0 bridgehead atoms. The molecule has 2 aliphatic heterocycles. The predicted octanol–water partition coefficient (Wildman–Crippen LogP) is -4.37. The van der Waals surface area contributed by atoms with Crippen LogP contribution in [0.3, 0.4) is 0 Å². The van der Waals surface area contributed by atoms with Gasteiger partial charge in [0.15, 0.2) is 12.6 Å². The molecular formula is C12H22O10. The van der Waals surface area contributed by atoms with Gasteiger partial charge < -0.3 is 50.0 Å². The van der Waals surface area contributed by atoms with Crippen molar-refractivity contribution in [2.75, 3.05) is 6.61 Å². The van der Waals surface area contributed by atoms with Gasteiger partial charge in [-0.2, -0.15) is 0 Å². The average Bonchev–Trinajstić information content (AvgIpc) is 2.49. The highest BCUT2D eigenvalue weighted by Crippen LogP contribution is 2.24. The highest BCUT2D eigenvalue weighted by molar-refractivity contribution is 4.90. The second kappa shape index (κ2) is 7.01. The molecule has 10 nitrogen and oxygen atoms in total. The lowest BCUT2D eigenvalue weighted by atomic mass is 9.99. The molecule has 0 aromatic carbocycles. The van der Waals surface area contributed by atoms with Crippen LogP contribution in [0.4, 0.5) is 0 Å². The molecule has 0 spiro atoms. The van der Waals surface area contributed by atoms with Crippen molar-refractivity contribution in [1.29, 1.82) is 0 Å². The van der Waals surface area contributed by atoms with Gasteiger partial charge in [-0.15, -0.1) is 0 Å². The molecule has 22 heavy (non-hydrogen) atoms. The van der Waals surface area contributed by atoms with Crippen molar-refractivity contribution in [3.05, 3.63) is 0 Å². The number of aliphatic hydroxyl groups is 7. The van der Waals surface area contributed by atoms with Crippen LogP contribution in [0.2, 0.25) is 0 Å². The Morgan fingerprint density at radius 1 is 0.727 bits per heavy atom. The molecule has 0 radical (unpaired) electrons. The smallest absolute Gasteiger partial charge is 0.186 e. The fraction of sp³-hybridized carbons (Fsp3) is 1.00. The maximum atomic E-state index is 9.76. The Hall–Kier alpha value is -0.400. The molecule has 7 N–H and O–H groups in total. The summed E-state index contributed by atoms with van der Waals surface area (Å²) in [6.07, 6.45) is -14.0. The van der Waals surface area contributed by atoms with Gasteiger partial charge in [0.05, 0.1) is 12.7 Å². The summed E-state index contributed by atoms with van der Waals surface area (Å²) in [4.78, 5) is 0. The summed E-state index contributed by atoms with van der Waals surface area (Å²) in [5, 5.41) is 67.0. The van der Waals surface area contributed by atoms with Gasteiger partial charge in [0.25, 0.3) is 0 Å². The molecular weight excluding hydrogens is 304 g/mol. The predicted molar refractivity (Wildman–Crippen MR) is 67.2 cm³/mol. The van der Waals surface area contributed by atoms with Crippen molar-refractivity contribution in [1.82, 2.24) is 0 Å². The third-order valence-corrected chi connectivity index (χ3v) is 3.92. The van der Waals surface area contributed by atoms with Crippen LogP contribution in [0.5, 0.6) is 0 Å². The maximum Gasteiger partial charge on any atom is 0.186 e. The summed E-state index contributed by atoms with van der Waals surface area (Å²) < 4.78 is 15.3. The van der Waals surface area contributed by atoms with E-state index in [-0.39, 0.29) is 6.61 Å². The first-order chi connectivity index (χ1) is 10.2. The van der Waals surface area contributed by atoms with E-state index in [2.05, 4.69) is 0 Å². The lowest BCUT2D eigenvalue weighted by Crippen LogP contribution is -2.60. The fourth-order valence-electron chi connectivity index (χ4n) is 2.41. The van der Waals surface area contributed by atoms with Crippen molar-refractivity contribution in [3.63, 3.8) is 0 Å². The van der Waals surface area contributed by atoms with Gasteiger partial charge in [-0.25, -0.2) is 0 Å². The molecule has 0 saturated carbocycles. The van der Waals surface area contributed by atoms with E-state index in [4.69, 9.17) is 14.2 Å². The minimum absolute atomic E-state index is 0.390. The van der Waals surface area contributed by atoms with Gasteiger partial charge in [-0.05, 0) is 6.92 Å². The van der Waals surface area contributed by atoms with Crippen LogP contribution >= 0.6 is 0 Å². The van der Waals surface area contributed by atoms with Gasteiger partial charge in [0.2, 0.25) is 0 Å². The summed E-state index contributed by atoms with van der Waals surface area (Å²) in [5.41, 5.74) is 0. The molecule has 2 rings (SSSR count). The minimum atomic E-state index is -1.70. The molecule has 2 fully saturated rings. The molecule has 2 heterocycles. The standard InChI is InChI=1S/C12H22O10/c1-3-5(13)7(15)10(18)12(21-3)20-2-4-6(14)8(16)9(17)11(19)22-4/h3-19H,2H2,1H3/t3-,4+,5+,6-,7+,8-,9+,10-,11?,12+/m0/s1. The van der Waals surface area contributed by atoms with Crippen molar-refractivity contribution in [3.8, 4) is 0 Å². The fourth-order valence-corrected chi connectivity index (χ4v) is 2.41. The number of rotatable bonds is 3. The van der Waals surface area contributed by atoms with Crippen LogP contribution in [-0.2, 0) is 14.2 Å². The largest absolute Gasteiger partial charge is 0.388 e. The molecule has 2 aliphatic rings. The van der Waals surface area contributed by atoms with Crippen LogP contribution < -0.4 is 0 Å². The minimum Gasteiger partial charge on any atom is -0.388 e. The van der Waals surface area contributed by atoms with E-state index in [0.29, 0.717) is 0 Å². The first kappa shape index (κ1) is 17.9. The molecule has 0 aromatic rings. The summed E-state index contributed by atoms with van der Waals surface area (Å²) in [6, 6.07) is 0. The highest BCUT2D eigenvalue weighted by atomic mass is 16.7. The number of hydrogen-bond donors (Lipinski definition) is 7. The topological polar surface area (TPSA) is 169 Å². The molecule has 1 unspecified atom stereocenters. The maximum absolute atomic E-state index is 9.76. The Morgan fingerprint density at radius 2 is 1.32 bits per heavy atom. The van der Waals surface area contributed by atoms with E-state index in [1.54, 1.807) is 0 Å². The van der Waals surface area contributed by atoms with E-state index in [1.165, 1.54) is 6.92 Å². The summed E-state index contributed by atoms with van der Waals surface area (Å²) in [5.74, 6) is 0. The first-order valence-electron chi connectivity index (χ1n) is 6.93. The van der Waals surface area contributed by atoms with E-state index in [0.717, 1.165) is 0 Å². The van der Waals surface area contributed by atoms with Gasteiger partial charge >= 0.3 is 0 Å². The van der Waals surface area contributed by atoms with E-state index < -0.39 is 61.4 Å². The second-order valence-electron chi connectivity index (χ2n) is 5.55. The zero-order chi connectivity index (χ0) is 16.6. The van der Waals surface area contributed by atoms with Crippen LogP contribution in [0.1, 0.15) is 6.92 Å². The van der Waals surface area contributed by atoms with Crippen LogP contribution in [0.15, 0.2) is 0 Å². The van der Waals surface area contributed by atoms with Gasteiger partial charge in [-0.1, -0.05) is 0 Å². The first-order valence-corrected chi connectivity index (χ1v) is 6.93. The number of aliphatic hydroxyl groups excluding tert-OH is 7. The summed E-state index contributed by atoms with van der Waals surface area (Å²) in [6.45, 7) is 1.09. The van der Waals surface area contributed by atoms with Gasteiger partial charge in [0.1, 0.15) is 42.7 Å². The van der Waals surface area contributed by atoms with Crippen molar-refractivity contribution in [2.45, 2.75) is 68.3 Å². The third kappa shape index (κ3) is 3.41. The molecule has 0 amide bonds. The third-order valence-electron chi connectivity index (χ3n) is 3.92. The van der Waals surface area contributed by atoms with Crippen LogP contribution in [0.25, 0.3) is 0 Å². The summed E-state index contributed by atoms with van der Waals surface area (Å²) in [7, 11) is 0. The zero-order valence-corrected chi connectivity index (χ0v) is 11.8. The van der Waals surface area contributed by atoms with Crippen LogP contribution in [-0.4, -0.2) is 104 Å². The lowest BCUT2D eigenvalue weighted by Gasteiger charge is -2.41. The highest BCUT2D eigenvalue weighted by Gasteiger charge is 2.45. The molecule has 10 heteroatoms. The number of ether oxygens (including phenoxy) is 3. The van der Waals surface area contributed by atoms with E-state index in [1.807, 2.05) is 0 Å².